The third kappa shape index (κ3) is 4.07. The number of hydrogen-bond acceptors (Lipinski definition) is 5. The Labute approximate surface area is 177 Å². The standard InChI is InChI=1S/C22H20F2N6O/c1-12(13-4-6-15(23)7-5-13)28-21-18(24)11-27-20(29-21)17-10-26-19-16(17)8-14(9-25-19)22(31)30(2)3/h4-12H,1-3H3,(H,25,26)(H,27,28,29)/t12-/m0/s1. The van der Waals surface area contributed by atoms with Crippen LogP contribution in [0.2, 0.25) is 0 Å². The number of aromatic nitrogens is 4. The molecule has 3 aromatic heterocycles. The molecule has 1 aromatic carbocycles. The Bertz CT molecular complexity index is 1250. The minimum Gasteiger partial charge on any atom is -0.361 e. The van der Waals surface area contributed by atoms with Crippen molar-refractivity contribution in [1.29, 1.82) is 0 Å². The Morgan fingerprint density at radius 1 is 1.13 bits per heavy atom. The second-order valence-corrected chi connectivity index (χ2v) is 7.33. The fourth-order valence-electron chi connectivity index (χ4n) is 3.20. The molecule has 4 aromatic rings. The van der Waals surface area contributed by atoms with Crippen LogP contribution in [0.1, 0.15) is 28.9 Å². The molecule has 3 heterocycles. The minimum absolute atomic E-state index is 0.0182. The lowest BCUT2D eigenvalue weighted by molar-refractivity contribution is 0.0827. The molecule has 31 heavy (non-hydrogen) atoms. The second-order valence-electron chi connectivity index (χ2n) is 7.33. The van der Waals surface area contributed by atoms with Gasteiger partial charge in [0.15, 0.2) is 17.5 Å². The van der Waals surface area contributed by atoms with Crippen LogP contribution in [0.15, 0.2) is 48.9 Å². The number of carbonyl (C=O) groups is 1. The van der Waals surface area contributed by atoms with Crippen molar-refractivity contribution in [3.63, 3.8) is 0 Å². The van der Waals surface area contributed by atoms with Gasteiger partial charge in [-0.15, -0.1) is 0 Å². The van der Waals surface area contributed by atoms with E-state index in [0.29, 0.717) is 22.2 Å². The maximum Gasteiger partial charge on any atom is 0.254 e. The van der Waals surface area contributed by atoms with Crippen molar-refractivity contribution in [3.05, 3.63) is 71.7 Å². The Hall–Kier alpha value is -3.88. The van der Waals surface area contributed by atoms with E-state index in [9.17, 15) is 13.6 Å². The molecule has 1 amide bonds. The van der Waals surface area contributed by atoms with E-state index >= 15 is 0 Å². The predicted molar refractivity (Wildman–Crippen MR) is 114 cm³/mol. The number of aromatic amines is 1. The van der Waals surface area contributed by atoms with E-state index in [1.54, 1.807) is 38.5 Å². The third-order valence-electron chi connectivity index (χ3n) is 4.89. The molecule has 4 rings (SSSR count). The van der Waals surface area contributed by atoms with Gasteiger partial charge in [-0.2, -0.15) is 0 Å². The van der Waals surface area contributed by atoms with E-state index in [1.807, 2.05) is 6.92 Å². The van der Waals surface area contributed by atoms with Crippen LogP contribution < -0.4 is 5.32 Å². The summed E-state index contributed by atoms with van der Waals surface area (Å²) in [4.78, 5) is 29.5. The summed E-state index contributed by atoms with van der Waals surface area (Å²) in [6.45, 7) is 1.82. The molecule has 0 bridgehead atoms. The number of halogens is 2. The van der Waals surface area contributed by atoms with Crippen LogP contribution in [-0.2, 0) is 0 Å². The number of nitrogens with zero attached hydrogens (tertiary/aromatic N) is 4. The van der Waals surface area contributed by atoms with Crippen LogP contribution in [0.25, 0.3) is 22.4 Å². The van der Waals surface area contributed by atoms with Crippen molar-refractivity contribution in [3.8, 4) is 11.4 Å². The first-order valence-corrected chi connectivity index (χ1v) is 9.57. The molecule has 7 nitrogen and oxygen atoms in total. The van der Waals surface area contributed by atoms with Gasteiger partial charge in [0.25, 0.3) is 5.91 Å². The number of anilines is 1. The van der Waals surface area contributed by atoms with Crippen LogP contribution in [0.4, 0.5) is 14.6 Å². The molecule has 0 spiro atoms. The zero-order valence-corrected chi connectivity index (χ0v) is 17.1. The molecule has 158 valence electrons. The van der Waals surface area contributed by atoms with Gasteiger partial charge in [0.1, 0.15) is 11.5 Å². The number of fused-ring (bicyclic) bond motifs is 1. The van der Waals surface area contributed by atoms with E-state index in [2.05, 4.69) is 25.3 Å². The molecular formula is C22H20F2N6O. The average molecular weight is 422 g/mol. The molecule has 0 aliphatic rings. The largest absolute Gasteiger partial charge is 0.361 e. The van der Waals surface area contributed by atoms with Gasteiger partial charge < -0.3 is 15.2 Å². The van der Waals surface area contributed by atoms with Gasteiger partial charge in [0, 0.05) is 37.4 Å². The van der Waals surface area contributed by atoms with E-state index < -0.39 is 5.82 Å². The maximum absolute atomic E-state index is 14.4. The van der Waals surface area contributed by atoms with E-state index in [0.717, 1.165) is 11.8 Å². The van der Waals surface area contributed by atoms with Gasteiger partial charge in [-0.25, -0.2) is 23.7 Å². The van der Waals surface area contributed by atoms with Gasteiger partial charge in [-0.05, 0) is 30.7 Å². The number of nitrogens with one attached hydrogen (secondary N) is 2. The maximum atomic E-state index is 14.4. The van der Waals surface area contributed by atoms with E-state index in [-0.39, 0.29) is 29.4 Å². The Morgan fingerprint density at radius 3 is 2.58 bits per heavy atom. The van der Waals surface area contributed by atoms with Crippen LogP contribution in [0.5, 0.6) is 0 Å². The normalized spacial score (nSPS) is 12.0. The SMILES string of the molecule is C[C@H](Nc1nc(-c2c[nH]c3ncc(C(=O)N(C)C)cc23)ncc1F)c1ccc(F)cc1. The first-order valence-electron chi connectivity index (χ1n) is 9.57. The van der Waals surface area contributed by atoms with Crippen LogP contribution in [0.3, 0.4) is 0 Å². The van der Waals surface area contributed by atoms with Gasteiger partial charge in [0.05, 0.1) is 17.8 Å². The monoisotopic (exact) mass is 422 g/mol. The van der Waals surface area contributed by atoms with Gasteiger partial charge in [-0.3, -0.25) is 4.79 Å². The van der Waals surface area contributed by atoms with Gasteiger partial charge >= 0.3 is 0 Å². The third-order valence-corrected chi connectivity index (χ3v) is 4.89. The van der Waals surface area contributed by atoms with E-state index in [4.69, 9.17) is 0 Å². The molecule has 9 heteroatoms. The zero-order valence-electron chi connectivity index (χ0n) is 17.1. The van der Waals surface area contributed by atoms with Gasteiger partial charge in [0.2, 0.25) is 0 Å². The fraction of sp³-hybridized carbons (Fsp3) is 0.182. The highest BCUT2D eigenvalue weighted by atomic mass is 19.1. The van der Waals surface area contributed by atoms with Crippen molar-refractivity contribution in [1.82, 2.24) is 24.8 Å². The number of H-pyrrole nitrogens is 1. The zero-order chi connectivity index (χ0) is 22.1. The van der Waals surface area contributed by atoms with E-state index in [1.165, 1.54) is 23.2 Å². The Kier molecular flexibility index (Phi) is 5.33. The summed E-state index contributed by atoms with van der Waals surface area (Å²) in [5.74, 6) is -0.843. The number of hydrogen-bond donors (Lipinski definition) is 2. The lowest BCUT2D eigenvalue weighted by Gasteiger charge is -2.16. The van der Waals surface area contributed by atoms with Crippen molar-refractivity contribution in [2.75, 3.05) is 19.4 Å². The highest BCUT2D eigenvalue weighted by molar-refractivity contribution is 6.00. The molecule has 2 N–H and O–H groups in total. The number of benzene rings is 1. The first-order chi connectivity index (χ1) is 14.8. The Balaban J connectivity index is 1.69. The number of pyridine rings is 1. The topological polar surface area (TPSA) is 86.8 Å². The van der Waals surface area contributed by atoms with Crippen LogP contribution >= 0.6 is 0 Å². The summed E-state index contributed by atoms with van der Waals surface area (Å²) in [5, 5.41) is 3.66. The molecule has 0 saturated heterocycles. The smallest absolute Gasteiger partial charge is 0.254 e. The number of amides is 1. The fourth-order valence-corrected chi connectivity index (χ4v) is 3.20. The van der Waals surface area contributed by atoms with Crippen molar-refractivity contribution < 1.29 is 13.6 Å². The molecule has 0 saturated carbocycles. The minimum atomic E-state index is -0.612. The summed E-state index contributed by atoms with van der Waals surface area (Å²) >= 11 is 0. The molecule has 0 radical (unpaired) electrons. The summed E-state index contributed by atoms with van der Waals surface area (Å²) in [6.07, 6.45) is 4.25. The quantitative estimate of drug-likeness (QED) is 0.504. The summed E-state index contributed by atoms with van der Waals surface area (Å²) < 4.78 is 27.6. The summed E-state index contributed by atoms with van der Waals surface area (Å²) in [6, 6.07) is 7.34. The number of rotatable bonds is 5. The van der Waals surface area contributed by atoms with Crippen molar-refractivity contribution in [2.24, 2.45) is 0 Å². The molecule has 1 atom stereocenters. The Morgan fingerprint density at radius 2 is 1.87 bits per heavy atom. The lowest BCUT2D eigenvalue weighted by atomic mass is 10.1. The molecule has 0 fully saturated rings. The molecule has 0 unspecified atom stereocenters. The molecule has 0 aliphatic heterocycles. The predicted octanol–water partition coefficient (Wildman–Crippen LogP) is 4.17. The summed E-state index contributed by atoms with van der Waals surface area (Å²) in [5.41, 5.74) is 2.36. The van der Waals surface area contributed by atoms with Crippen LogP contribution in [-0.4, -0.2) is 44.8 Å². The highest BCUT2D eigenvalue weighted by Gasteiger charge is 2.17. The summed E-state index contributed by atoms with van der Waals surface area (Å²) in [7, 11) is 3.32. The van der Waals surface area contributed by atoms with Crippen molar-refractivity contribution in [2.45, 2.75) is 13.0 Å². The lowest BCUT2D eigenvalue weighted by Crippen LogP contribution is -2.21. The average Bonchev–Trinajstić information content (AvgIpc) is 3.18. The highest BCUT2D eigenvalue weighted by Crippen LogP contribution is 2.28. The number of carbonyl (C=O) groups excluding carboxylic acids is 1. The first kappa shape index (κ1) is 20.4. The van der Waals surface area contributed by atoms with Gasteiger partial charge in [-0.1, -0.05) is 12.1 Å². The van der Waals surface area contributed by atoms with Crippen LogP contribution in [0, 0.1) is 11.6 Å². The molecular weight excluding hydrogens is 402 g/mol. The van der Waals surface area contributed by atoms with Crippen molar-refractivity contribution >= 4 is 22.8 Å². The second kappa shape index (κ2) is 8.10. The molecule has 0 aliphatic carbocycles.